The average molecular weight is 2010 g/mol. The molecule has 0 bridgehead atoms. The number of anilines is 3. The molecular formula is C84H85Cl6F8LiN12NaO14S4-. The van der Waals surface area contributed by atoms with Crippen LogP contribution in [-0.4, -0.2) is 172 Å². The van der Waals surface area contributed by atoms with E-state index in [1.165, 1.54) is 51.6 Å². The van der Waals surface area contributed by atoms with E-state index in [1.807, 2.05) is 25.1 Å². The summed E-state index contributed by atoms with van der Waals surface area (Å²) in [5.41, 5.74) is 7.42. The fraction of sp³-hybridized carbons (Fsp3) is 0.381. The summed E-state index contributed by atoms with van der Waals surface area (Å²) in [6.45, 7) is 4.62. The van der Waals surface area contributed by atoms with E-state index in [-0.39, 0.29) is 223 Å². The molecule has 0 amide bonds. The Kier molecular flexibility index (Phi) is 40.7. The standard InChI is InChI=1S/C22H22ClF2N3O3S.C20H18ClF2N3O3S.C20H17ClF2N3O2S.C17H14Cl2N2O3S.C5H9F2N.ClH.Li.Na.3H2O/c1-3-31-17(29)11-28-18-13(4-6-15(23)20(18)32-2)19(30)14-5-7-16(27-21(14)28)26-10-12-8-22(24,25)9-12;1-30-18-13(21)4-2-11-16(18)26(9-15(27)28)19-12(17(11)29)3-5-14(25-19)24-8-10-6-20(22,23)7-10;1-29-18-14(21)4-2-12-16(18)26(6-7-27)19-13(17(12)28)3-5-15(25-19)24-10-11-8-20(22,23)9-11;1-3-24-13(22)8-21-14-9(4-6-11(18)16(14)25-2)15(23)10-5-7-12(19)20-17(10)21;6-5(7)1-4(2-5)3-8;;;;;;/h4-7,12H,3,8-11H2,1-2H3,(H,26,27);2-5,10H,6-9H2,1H3,(H,24,25)(H,27,28);2-5,11H,6,8-10H2,1H3,(H,24,25);4-7H,3,8H2,1-2H3;4H,1-3,8H2;1H;;;3*1H2/q;;-1;;;;2*+1;;;/p-2. The Morgan fingerprint density at radius 3 is 0.954 bits per heavy atom. The molecule has 12 aromatic rings. The summed E-state index contributed by atoms with van der Waals surface area (Å²) in [6, 6.07) is 26.1. The van der Waals surface area contributed by atoms with E-state index in [2.05, 4.69) is 35.9 Å². The SMILES string of the molecule is CCOC(=O)Cn1c2nc(Cl)ccc2c(=O)c2ccc(Cl)c(SC)c21.CCOC(=O)Cn1c2nc(NCC3CC(F)(F)C3)ccc2c(=O)c2ccc(Cl)c(SC)c21.CSc1c(Cl)ccc2c(=O)c3ccc(NCC4CC(F)(F)C4)nc3n(CC(=O)O)c12.CSc1c(Cl)ccc2c(=O)c3ccc(NCC4CC(F)(F)C4)nc3n(C[C-]=O)c12.Cl.NCC1CC(F)(F)C1.O.[Li+].[Na+].[OH-].[OH-]. The van der Waals surface area contributed by atoms with Crippen LogP contribution in [-0.2, 0) is 54.8 Å². The van der Waals surface area contributed by atoms with Crippen molar-refractivity contribution in [2.24, 2.45) is 29.4 Å². The number of halogens is 14. The van der Waals surface area contributed by atoms with E-state index < -0.39 is 48.1 Å². The summed E-state index contributed by atoms with van der Waals surface area (Å²) in [4.78, 5) is 120. The van der Waals surface area contributed by atoms with Crippen molar-refractivity contribution >= 4 is 247 Å². The minimum absolute atomic E-state index is 0. The normalized spacial score (nSPS) is 15.0. The third kappa shape index (κ3) is 25.1. The van der Waals surface area contributed by atoms with Crippen molar-refractivity contribution in [1.82, 2.24) is 38.2 Å². The number of carboxylic acids is 1. The number of fused-ring (bicyclic) bond motifs is 8. The molecule has 4 saturated carbocycles. The molecule has 0 unspecified atom stereocenters. The van der Waals surface area contributed by atoms with E-state index in [9.17, 15) is 78.6 Å². The maximum atomic E-state index is 13.2. The largest absolute Gasteiger partial charge is 1.00 e. The minimum Gasteiger partial charge on any atom is -0.870 e. The fourth-order valence-corrected chi connectivity index (χ4v) is 19.7. The second-order valence-electron chi connectivity index (χ2n) is 29.8. The van der Waals surface area contributed by atoms with Crippen LogP contribution in [0, 0.1) is 23.7 Å². The first-order valence-corrected chi connectivity index (χ1v) is 45.4. The topological polar surface area (TPSA) is 400 Å². The Morgan fingerprint density at radius 1 is 0.446 bits per heavy atom. The molecule has 10 N–H and O–H groups in total. The van der Waals surface area contributed by atoms with Gasteiger partial charge in [0.05, 0.1) is 96.5 Å². The van der Waals surface area contributed by atoms with Crippen LogP contribution in [0.15, 0.2) is 136 Å². The number of nitrogens with two attached hydrogens (primary N) is 1. The maximum absolute atomic E-state index is 13.2. The first kappa shape index (κ1) is 112. The number of alkyl halides is 8. The summed E-state index contributed by atoms with van der Waals surface area (Å²) in [5.74, 6) is -11.2. The van der Waals surface area contributed by atoms with Gasteiger partial charge in [0.15, 0.2) is 21.7 Å². The number of thioether (sulfide) groups is 4. The molecular weight excluding hydrogens is 1920 g/mol. The zero-order valence-corrected chi connectivity index (χ0v) is 80.7. The van der Waals surface area contributed by atoms with Gasteiger partial charge in [-0.15, -0.1) is 59.5 Å². The quantitative estimate of drug-likeness (QED) is 0.00713. The van der Waals surface area contributed by atoms with Crippen LogP contribution in [0.3, 0.4) is 0 Å². The number of aromatic nitrogens is 8. The molecule has 0 saturated heterocycles. The van der Waals surface area contributed by atoms with Crippen LogP contribution in [0.25, 0.3) is 87.7 Å². The Bertz CT molecular complexity index is 6460. The molecule has 0 radical (unpaired) electrons. The third-order valence-corrected chi connectivity index (χ3v) is 26.3. The number of hydrogen-bond donors (Lipinski definition) is 5. The Morgan fingerprint density at radius 2 is 0.700 bits per heavy atom. The molecule has 0 spiro atoms. The zero-order valence-electron chi connectivity index (χ0n) is 70.8. The molecule has 4 aliphatic carbocycles. The Labute approximate surface area is 819 Å². The number of pyridine rings is 8. The van der Waals surface area contributed by atoms with Gasteiger partial charge in [-0.25, -0.2) is 61.3 Å². The van der Waals surface area contributed by atoms with Gasteiger partial charge in [-0.2, -0.15) is 0 Å². The number of carbonyl (C=O) groups is 3. The molecule has 690 valence electrons. The van der Waals surface area contributed by atoms with Crippen LogP contribution in [0.4, 0.5) is 52.6 Å². The maximum Gasteiger partial charge on any atom is 1.00 e. The summed E-state index contributed by atoms with van der Waals surface area (Å²) < 4.78 is 119. The van der Waals surface area contributed by atoms with Gasteiger partial charge in [-0.1, -0.05) is 64.5 Å². The number of ether oxygens (including phenoxy) is 2. The summed E-state index contributed by atoms with van der Waals surface area (Å²) in [5, 5.41) is 23.8. The zero-order chi connectivity index (χ0) is 89.8. The van der Waals surface area contributed by atoms with Crippen LogP contribution in [0.5, 0.6) is 0 Å². The van der Waals surface area contributed by atoms with Crippen LogP contribution >= 0.6 is 117 Å². The van der Waals surface area contributed by atoms with Crippen molar-refractivity contribution in [3.8, 4) is 0 Å². The molecule has 0 atom stereocenters. The van der Waals surface area contributed by atoms with E-state index in [0.717, 1.165) is 0 Å². The number of nitrogens with one attached hydrogen (secondary N) is 3. The summed E-state index contributed by atoms with van der Waals surface area (Å²) >= 11 is 36.8. The number of aliphatic carboxylic acids is 1. The number of carbonyl (C=O) groups excluding carboxylic acids is 3. The number of carboxylic acid groups (broad SMARTS) is 1. The van der Waals surface area contributed by atoms with Gasteiger partial charge in [-0.05, 0) is 166 Å². The van der Waals surface area contributed by atoms with Crippen LogP contribution in [0.1, 0.15) is 65.2 Å². The van der Waals surface area contributed by atoms with Crippen molar-refractivity contribution in [2.75, 3.05) is 80.4 Å². The van der Waals surface area contributed by atoms with Crippen molar-refractivity contribution in [1.29, 1.82) is 0 Å². The van der Waals surface area contributed by atoms with Crippen molar-refractivity contribution in [2.45, 2.75) is 135 Å². The molecule has 8 heterocycles. The number of esters is 2. The number of hydrogen-bond acceptors (Lipinski definition) is 24. The minimum atomic E-state index is -2.60. The van der Waals surface area contributed by atoms with Gasteiger partial charge in [0.25, 0.3) is 0 Å². The monoisotopic (exact) mass is 2010 g/mol. The predicted octanol–water partition coefficient (Wildman–Crippen LogP) is 12.3. The van der Waals surface area contributed by atoms with E-state index in [0.29, 0.717) is 160 Å². The van der Waals surface area contributed by atoms with Crippen molar-refractivity contribution in [3.63, 3.8) is 0 Å². The van der Waals surface area contributed by atoms with Gasteiger partial charge in [0, 0.05) is 92.5 Å². The Hall–Kier alpha value is -7.14. The summed E-state index contributed by atoms with van der Waals surface area (Å²) in [7, 11) is 0. The molecule has 4 fully saturated rings. The third-order valence-electron chi connectivity index (χ3n) is 21.1. The van der Waals surface area contributed by atoms with Crippen molar-refractivity contribution < 1.29 is 134 Å². The molecule has 46 heteroatoms. The van der Waals surface area contributed by atoms with Crippen LogP contribution < -0.4 is 91.8 Å². The van der Waals surface area contributed by atoms with Gasteiger partial charge in [0.1, 0.15) is 64.8 Å². The molecule has 16 rings (SSSR count). The predicted molar refractivity (Wildman–Crippen MR) is 493 cm³/mol. The number of rotatable bonds is 24. The average Bonchev–Trinajstić information content (AvgIpc) is 0.751. The van der Waals surface area contributed by atoms with Crippen LogP contribution in [0.2, 0.25) is 25.2 Å². The number of benzene rings is 4. The molecule has 26 nitrogen and oxygen atoms in total. The molecule has 8 aromatic heterocycles. The van der Waals surface area contributed by atoms with E-state index in [4.69, 9.17) is 73.2 Å². The summed E-state index contributed by atoms with van der Waals surface area (Å²) in [6.07, 6.45) is 8.28. The van der Waals surface area contributed by atoms with Gasteiger partial charge in [0.2, 0.25) is 23.7 Å². The van der Waals surface area contributed by atoms with Gasteiger partial charge in [-0.3, -0.25) is 33.6 Å². The molecule has 0 aliphatic heterocycles. The van der Waals surface area contributed by atoms with Crippen molar-refractivity contribution in [3.05, 3.63) is 163 Å². The smallest absolute Gasteiger partial charge is 0.870 e. The first-order valence-electron chi connectivity index (χ1n) is 38.7. The Balaban J connectivity index is 0.000000256. The van der Waals surface area contributed by atoms with Gasteiger partial charge < -0.3 is 75.8 Å². The fourth-order valence-electron chi connectivity index (χ4n) is 15.3. The molecule has 4 aromatic carbocycles. The second kappa shape index (κ2) is 47.4. The molecule has 4 aliphatic rings. The van der Waals surface area contributed by atoms with E-state index >= 15 is 0 Å². The molecule has 130 heavy (non-hydrogen) atoms. The number of nitrogens with zero attached hydrogens (tertiary/aromatic N) is 8. The first-order chi connectivity index (χ1) is 58.9. The van der Waals surface area contributed by atoms with E-state index in [1.54, 1.807) is 131 Å². The second-order valence-corrected chi connectivity index (χ2v) is 35.1. The van der Waals surface area contributed by atoms with Gasteiger partial charge >= 0.3 is 66.3 Å².